The van der Waals surface area contributed by atoms with Gasteiger partial charge >= 0.3 is 0 Å². The Morgan fingerprint density at radius 3 is 2.24 bits per heavy atom. The normalized spacial score (nSPS) is 11.4. The maximum absolute atomic E-state index is 12.9. The predicted molar refractivity (Wildman–Crippen MR) is 164 cm³/mol. The number of hydrogen-bond donors (Lipinski definition) is 2. The highest BCUT2D eigenvalue weighted by Gasteiger charge is 2.22. The minimum atomic E-state index is -0.693. The van der Waals surface area contributed by atoms with E-state index in [1.54, 1.807) is 31.3 Å². The van der Waals surface area contributed by atoms with Gasteiger partial charge in [0.1, 0.15) is 6.33 Å². The number of rotatable bonds is 15. The van der Waals surface area contributed by atoms with Gasteiger partial charge in [0.25, 0.3) is 5.91 Å². The monoisotopic (exact) mass is 587 g/mol. The highest BCUT2D eigenvalue weighted by molar-refractivity contribution is 7.80. The van der Waals surface area contributed by atoms with Gasteiger partial charge < -0.3 is 24.9 Å². The number of amides is 2. The van der Waals surface area contributed by atoms with E-state index in [1.165, 1.54) is 16.0 Å². The molecule has 0 saturated heterocycles. The highest BCUT2D eigenvalue weighted by atomic mass is 32.1. The molecule has 0 aliphatic heterocycles. The summed E-state index contributed by atoms with van der Waals surface area (Å²) < 4.78 is 13.3. The molecule has 1 atom stereocenters. The summed E-state index contributed by atoms with van der Waals surface area (Å²) in [6.07, 6.45) is 2.36. The summed E-state index contributed by atoms with van der Waals surface area (Å²) in [5.41, 5.74) is 2.56. The molecule has 2 N–H and O–H groups in total. The first-order valence-corrected chi connectivity index (χ1v) is 13.8. The lowest BCUT2D eigenvalue weighted by Gasteiger charge is -2.23. The van der Waals surface area contributed by atoms with E-state index in [0.717, 1.165) is 11.1 Å². The number of benzene rings is 3. The summed E-state index contributed by atoms with van der Waals surface area (Å²) in [5.74, 6) is 0.0962. The average molecular weight is 588 g/mol. The predicted octanol–water partition coefficient (Wildman–Crippen LogP) is 4.89. The SMILES string of the molecule is CN(C(=O)c1ccccc1)C(=S)Nc1c(NC=O)ncn1OC(CCCOCc1ccccc1)OCc1ccccc1. The summed E-state index contributed by atoms with van der Waals surface area (Å²) in [6.45, 7) is 1.34. The molecule has 0 aliphatic carbocycles. The summed E-state index contributed by atoms with van der Waals surface area (Å²) in [6, 6.07) is 28.5. The van der Waals surface area contributed by atoms with E-state index < -0.39 is 6.29 Å². The molecule has 11 heteroatoms. The number of thiocarbonyl (C=S) groups is 1. The van der Waals surface area contributed by atoms with Crippen molar-refractivity contribution < 1.29 is 23.9 Å². The van der Waals surface area contributed by atoms with E-state index in [-0.39, 0.29) is 22.7 Å². The van der Waals surface area contributed by atoms with Crippen LogP contribution >= 0.6 is 12.2 Å². The third-order valence-electron chi connectivity index (χ3n) is 6.14. The van der Waals surface area contributed by atoms with Gasteiger partial charge in [-0.25, -0.2) is 4.98 Å². The fourth-order valence-electron chi connectivity index (χ4n) is 3.91. The number of anilines is 2. The molecule has 0 spiro atoms. The highest BCUT2D eigenvalue weighted by Crippen LogP contribution is 2.21. The second kappa shape index (κ2) is 16.0. The minimum absolute atomic E-state index is 0.0826. The number of carbonyl (C=O) groups excluding carboxylic acids is 2. The molecule has 1 heterocycles. The van der Waals surface area contributed by atoms with Crippen molar-refractivity contribution in [1.29, 1.82) is 0 Å². The molecule has 10 nitrogen and oxygen atoms in total. The van der Waals surface area contributed by atoms with Crippen LogP contribution < -0.4 is 15.5 Å². The largest absolute Gasteiger partial charge is 0.379 e. The second-order valence-electron chi connectivity index (χ2n) is 9.20. The van der Waals surface area contributed by atoms with Crippen LogP contribution in [0.15, 0.2) is 97.3 Å². The summed E-state index contributed by atoms with van der Waals surface area (Å²) in [4.78, 5) is 35.9. The molecule has 1 aromatic heterocycles. The van der Waals surface area contributed by atoms with Crippen LogP contribution in [0.25, 0.3) is 0 Å². The van der Waals surface area contributed by atoms with Gasteiger partial charge in [-0.15, -0.1) is 4.73 Å². The summed E-state index contributed by atoms with van der Waals surface area (Å²) in [5, 5.41) is 5.59. The average Bonchev–Trinajstić information content (AvgIpc) is 3.40. The molecular weight excluding hydrogens is 554 g/mol. The van der Waals surface area contributed by atoms with Gasteiger partial charge in [0.15, 0.2) is 16.7 Å². The zero-order chi connectivity index (χ0) is 29.6. The number of nitrogens with zero attached hydrogens (tertiary/aromatic N) is 3. The van der Waals surface area contributed by atoms with Crippen LogP contribution in [-0.2, 0) is 27.5 Å². The lowest BCUT2D eigenvalue weighted by Crippen LogP contribution is -2.38. The molecular formula is C31H33N5O5S. The van der Waals surface area contributed by atoms with Gasteiger partial charge in [-0.05, 0) is 41.9 Å². The molecule has 2 amide bonds. The third kappa shape index (κ3) is 8.96. The first-order valence-electron chi connectivity index (χ1n) is 13.4. The first kappa shape index (κ1) is 30.4. The van der Waals surface area contributed by atoms with E-state index >= 15 is 0 Å². The molecule has 3 aromatic carbocycles. The zero-order valence-electron chi connectivity index (χ0n) is 23.2. The van der Waals surface area contributed by atoms with E-state index in [1.807, 2.05) is 66.7 Å². The van der Waals surface area contributed by atoms with Crippen molar-refractivity contribution in [2.75, 3.05) is 24.3 Å². The van der Waals surface area contributed by atoms with Gasteiger partial charge in [0, 0.05) is 25.6 Å². The lowest BCUT2D eigenvalue weighted by atomic mass is 10.2. The Balaban J connectivity index is 1.43. The van der Waals surface area contributed by atoms with Gasteiger partial charge in [0.2, 0.25) is 12.7 Å². The molecule has 0 radical (unpaired) electrons. The van der Waals surface area contributed by atoms with Crippen LogP contribution in [0.4, 0.5) is 11.6 Å². The molecule has 0 saturated carbocycles. The Morgan fingerprint density at radius 1 is 0.976 bits per heavy atom. The Hall–Kier alpha value is -4.58. The number of nitrogens with one attached hydrogen (secondary N) is 2. The zero-order valence-corrected chi connectivity index (χ0v) is 24.0. The first-order chi connectivity index (χ1) is 20.5. The second-order valence-corrected chi connectivity index (χ2v) is 9.59. The third-order valence-corrected chi connectivity index (χ3v) is 6.51. The number of hydrogen-bond acceptors (Lipinski definition) is 7. The molecule has 0 fully saturated rings. The number of aromatic nitrogens is 2. The molecule has 0 aliphatic rings. The molecule has 218 valence electrons. The number of carbonyl (C=O) groups is 2. The Morgan fingerprint density at radius 2 is 1.60 bits per heavy atom. The van der Waals surface area contributed by atoms with Crippen LogP contribution in [-0.4, -0.2) is 52.0 Å². The Bertz CT molecular complexity index is 1420. The number of imidazole rings is 1. The van der Waals surface area contributed by atoms with Crippen LogP contribution in [0.5, 0.6) is 0 Å². The Labute approximate surface area is 250 Å². The summed E-state index contributed by atoms with van der Waals surface area (Å²) >= 11 is 5.51. The van der Waals surface area contributed by atoms with Crippen molar-refractivity contribution in [1.82, 2.24) is 14.6 Å². The standard InChI is InChI=1S/C31H33N5O5S/c1-35(30(38)26-16-9-4-10-17-26)31(42)34-29-28(33-23-37)32-22-36(29)41-27(40-21-25-14-7-3-8-15-25)18-11-19-39-20-24-12-5-2-6-13-24/h2-10,12-17,22-23,27H,11,18-21H2,1H3,(H,33,37)(H,34,42). The Kier molecular flexibility index (Phi) is 11.6. The van der Waals surface area contributed by atoms with Crippen LogP contribution in [0.3, 0.4) is 0 Å². The van der Waals surface area contributed by atoms with Crippen molar-refractivity contribution in [3.8, 4) is 0 Å². The molecule has 0 bridgehead atoms. The van der Waals surface area contributed by atoms with Crippen molar-refractivity contribution in [3.05, 3.63) is 114 Å². The van der Waals surface area contributed by atoms with Crippen LogP contribution in [0, 0.1) is 0 Å². The molecule has 4 aromatic rings. The van der Waals surface area contributed by atoms with Crippen molar-refractivity contribution in [3.63, 3.8) is 0 Å². The molecule has 42 heavy (non-hydrogen) atoms. The fraction of sp³-hybridized carbons (Fsp3) is 0.226. The van der Waals surface area contributed by atoms with Crippen molar-refractivity contribution in [2.45, 2.75) is 32.3 Å². The minimum Gasteiger partial charge on any atom is -0.379 e. The van der Waals surface area contributed by atoms with E-state index in [9.17, 15) is 9.59 Å². The van der Waals surface area contributed by atoms with Crippen molar-refractivity contribution in [2.24, 2.45) is 0 Å². The lowest BCUT2D eigenvalue weighted by molar-refractivity contribution is -0.156. The fourth-order valence-corrected chi connectivity index (χ4v) is 4.09. The van der Waals surface area contributed by atoms with Crippen molar-refractivity contribution >= 4 is 41.3 Å². The van der Waals surface area contributed by atoms with Gasteiger partial charge in [-0.3, -0.25) is 14.5 Å². The summed E-state index contributed by atoms with van der Waals surface area (Å²) in [7, 11) is 1.56. The molecule has 4 rings (SSSR count). The van der Waals surface area contributed by atoms with E-state index in [0.29, 0.717) is 44.6 Å². The van der Waals surface area contributed by atoms with Crippen LogP contribution in [0.2, 0.25) is 0 Å². The van der Waals surface area contributed by atoms with Gasteiger partial charge in [0.05, 0.1) is 13.2 Å². The topological polar surface area (TPSA) is 107 Å². The van der Waals surface area contributed by atoms with Gasteiger partial charge in [-0.2, -0.15) is 0 Å². The molecule has 1 unspecified atom stereocenters. The smallest absolute Gasteiger partial charge is 0.259 e. The quantitative estimate of drug-likeness (QED) is 0.0877. The van der Waals surface area contributed by atoms with Gasteiger partial charge in [-0.1, -0.05) is 78.9 Å². The van der Waals surface area contributed by atoms with E-state index in [2.05, 4.69) is 15.6 Å². The maximum Gasteiger partial charge on any atom is 0.259 e. The van der Waals surface area contributed by atoms with Crippen LogP contribution in [0.1, 0.15) is 34.3 Å². The maximum atomic E-state index is 12.9. The number of ether oxygens (including phenoxy) is 2. The van der Waals surface area contributed by atoms with E-state index in [4.69, 9.17) is 26.5 Å².